The maximum Gasteiger partial charge on any atom is 0.258 e. The molecule has 0 saturated carbocycles. The van der Waals surface area contributed by atoms with Crippen LogP contribution in [0.3, 0.4) is 0 Å². The molecule has 2 rings (SSSR count). The molecule has 3 heteroatoms. The second-order valence-electron chi connectivity index (χ2n) is 9.00. The first kappa shape index (κ1) is 23.6. The van der Waals surface area contributed by atoms with Crippen LogP contribution in [0.25, 0.3) is 0 Å². The normalized spacial score (nSPS) is 13.2. The molecular formula is C26H38O2Si. The number of rotatable bonds is 13. The van der Waals surface area contributed by atoms with Gasteiger partial charge in [0, 0.05) is 6.42 Å². The molecule has 0 amide bonds. The van der Waals surface area contributed by atoms with Crippen molar-refractivity contribution in [2.45, 2.75) is 77.2 Å². The molecule has 158 valence electrons. The van der Waals surface area contributed by atoms with Gasteiger partial charge in [-0.25, -0.2) is 0 Å². The lowest BCUT2D eigenvalue weighted by Crippen LogP contribution is -2.65. The summed E-state index contributed by atoms with van der Waals surface area (Å²) in [6.45, 7) is 6.64. The van der Waals surface area contributed by atoms with E-state index in [-0.39, 0.29) is 5.04 Å². The predicted octanol–water partition coefficient (Wildman–Crippen LogP) is 5.47. The molecule has 0 bridgehead atoms. The van der Waals surface area contributed by atoms with Crippen LogP contribution in [0, 0.1) is 5.92 Å². The van der Waals surface area contributed by atoms with E-state index in [1.54, 1.807) is 0 Å². The molecule has 1 atom stereocenters. The highest BCUT2D eigenvalue weighted by Gasteiger charge is 2.50. The molecule has 2 aromatic carbocycles. The van der Waals surface area contributed by atoms with Crippen molar-refractivity contribution in [3.8, 4) is 0 Å². The van der Waals surface area contributed by atoms with Crippen molar-refractivity contribution >= 4 is 25.0 Å². The Labute approximate surface area is 178 Å². The van der Waals surface area contributed by atoms with E-state index < -0.39 is 8.32 Å². The van der Waals surface area contributed by atoms with Crippen LogP contribution in [0.2, 0.25) is 5.04 Å². The Morgan fingerprint density at radius 2 is 1.41 bits per heavy atom. The van der Waals surface area contributed by atoms with Gasteiger partial charge in [0.1, 0.15) is 6.29 Å². The summed E-state index contributed by atoms with van der Waals surface area (Å²) >= 11 is 0. The Hall–Kier alpha value is -1.71. The van der Waals surface area contributed by atoms with Gasteiger partial charge in [0.05, 0.1) is 0 Å². The molecule has 0 aromatic heterocycles. The molecule has 29 heavy (non-hydrogen) atoms. The van der Waals surface area contributed by atoms with Crippen molar-refractivity contribution in [1.29, 1.82) is 0 Å². The predicted molar refractivity (Wildman–Crippen MR) is 126 cm³/mol. The van der Waals surface area contributed by atoms with Crippen LogP contribution >= 0.6 is 0 Å². The van der Waals surface area contributed by atoms with Crippen LogP contribution in [0.5, 0.6) is 0 Å². The standard InChI is InChI=1S/C26H38O2Si/c1-4-5-6-7-10-15-23(20-21-27)22-26(2,3)29(28,24-16-11-8-12-17-24)25-18-13-9-14-19-25/h8-9,11-14,16-19,21,23,28H,4-7,10,15,20,22H2,1-3H3. The summed E-state index contributed by atoms with van der Waals surface area (Å²) in [4.78, 5) is 23.7. The van der Waals surface area contributed by atoms with Gasteiger partial charge < -0.3 is 9.59 Å². The molecule has 1 unspecified atom stereocenters. The van der Waals surface area contributed by atoms with Crippen molar-refractivity contribution in [2.75, 3.05) is 0 Å². The van der Waals surface area contributed by atoms with E-state index in [4.69, 9.17) is 0 Å². The number of unbranched alkanes of at least 4 members (excludes halogenated alkanes) is 4. The van der Waals surface area contributed by atoms with Crippen LogP contribution in [0.15, 0.2) is 60.7 Å². The molecule has 0 aliphatic rings. The van der Waals surface area contributed by atoms with E-state index >= 15 is 0 Å². The van der Waals surface area contributed by atoms with E-state index in [1.165, 1.54) is 32.1 Å². The Morgan fingerprint density at radius 3 is 1.90 bits per heavy atom. The summed E-state index contributed by atoms with van der Waals surface area (Å²) in [5.41, 5.74) is 0. The molecule has 2 nitrogen and oxygen atoms in total. The van der Waals surface area contributed by atoms with Gasteiger partial charge in [-0.1, -0.05) is 120 Å². The summed E-state index contributed by atoms with van der Waals surface area (Å²) < 4.78 is 0. The van der Waals surface area contributed by atoms with Crippen LogP contribution in [0.4, 0.5) is 0 Å². The molecule has 0 aliphatic carbocycles. The largest absolute Gasteiger partial charge is 0.424 e. The third-order valence-corrected chi connectivity index (χ3v) is 10.8. The third-order valence-electron chi connectivity index (χ3n) is 6.31. The quantitative estimate of drug-likeness (QED) is 0.270. The zero-order valence-electron chi connectivity index (χ0n) is 18.4. The minimum Gasteiger partial charge on any atom is -0.424 e. The van der Waals surface area contributed by atoms with Crippen molar-refractivity contribution in [3.05, 3.63) is 60.7 Å². The van der Waals surface area contributed by atoms with Crippen molar-refractivity contribution in [2.24, 2.45) is 5.92 Å². The van der Waals surface area contributed by atoms with Crippen LogP contribution < -0.4 is 10.4 Å². The fourth-order valence-corrected chi connectivity index (χ4v) is 8.48. The maximum atomic E-state index is 12.3. The monoisotopic (exact) mass is 410 g/mol. The smallest absolute Gasteiger partial charge is 0.258 e. The van der Waals surface area contributed by atoms with E-state index in [0.29, 0.717) is 12.3 Å². The number of carbonyl (C=O) groups is 1. The summed E-state index contributed by atoms with van der Waals surface area (Å²) in [6.07, 6.45) is 9.82. The lowest BCUT2D eigenvalue weighted by atomic mass is 9.89. The molecule has 0 radical (unpaired) electrons. The maximum absolute atomic E-state index is 12.3. The van der Waals surface area contributed by atoms with Crippen molar-refractivity contribution < 1.29 is 9.59 Å². The second kappa shape index (κ2) is 11.5. The van der Waals surface area contributed by atoms with Gasteiger partial charge in [0.15, 0.2) is 0 Å². The molecule has 0 aliphatic heterocycles. The van der Waals surface area contributed by atoms with E-state index in [9.17, 15) is 9.59 Å². The molecule has 0 heterocycles. The van der Waals surface area contributed by atoms with Crippen molar-refractivity contribution in [3.63, 3.8) is 0 Å². The molecule has 0 spiro atoms. The Bertz CT molecular complexity index is 673. The van der Waals surface area contributed by atoms with Gasteiger partial charge in [-0.3, -0.25) is 0 Å². The van der Waals surface area contributed by atoms with Crippen LogP contribution in [-0.2, 0) is 4.79 Å². The average Bonchev–Trinajstić information content (AvgIpc) is 2.74. The minimum absolute atomic E-state index is 0.285. The van der Waals surface area contributed by atoms with Gasteiger partial charge in [0.25, 0.3) is 8.32 Å². The Kier molecular flexibility index (Phi) is 9.32. The van der Waals surface area contributed by atoms with Crippen LogP contribution in [-0.4, -0.2) is 19.4 Å². The fourth-order valence-electron chi connectivity index (χ4n) is 4.65. The lowest BCUT2D eigenvalue weighted by Gasteiger charge is -2.43. The Balaban J connectivity index is 2.27. The molecule has 1 N–H and O–H groups in total. The first-order valence-electron chi connectivity index (χ1n) is 11.2. The highest BCUT2D eigenvalue weighted by Crippen LogP contribution is 2.43. The fraction of sp³-hybridized carbons (Fsp3) is 0.500. The zero-order chi connectivity index (χ0) is 21.2. The number of hydrogen-bond donors (Lipinski definition) is 1. The molecule has 2 aromatic rings. The molecule has 0 saturated heterocycles. The second-order valence-corrected chi connectivity index (χ2v) is 12.9. The molecular weight excluding hydrogens is 372 g/mol. The van der Waals surface area contributed by atoms with Gasteiger partial charge in [-0.05, 0) is 27.8 Å². The van der Waals surface area contributed by atoms with E-state index in [1.807, 2.05) is 36.4 Å². The zero-order valence-corrected chi connectivity index (χ0v) is 19.4. The van der Waals surface area contributed by atoms with Crippen molar-refractivity contribution in [1.82, 2.24) is 0 Å². The first-order valence-corrected chi connectivity index (χ1v) is 13.2. The SMILES string of the molecule is CCCCCCCC(CC=O)CC(C)(C)[Si](O)(c1ccccc1)c1ccccc1. The van der Waals surface area contributed by atoms with Crippen LogP contribution in [0.1, 0.15) is 72.1 Å². The van der Waals surface area contributed by atoms with Gasteiger partial charge in [-0.2, -0.15) is 0 Å². The van der Waals surface area contributed by atoms with Gasteiger partial charge >= 0.3 is 0 Å². The highest BCUT2D eigenvalue weighted by molar-refractivity contribution is 6.98. The van der Waals surface area contributed by atoms with Gasteiger partial charge in [0.2, 0.25) is 0 Å². The average molecular weight is 411 g/mol. The summed E-state index contributed by atoms with van der Waals surface area (Å²) in [5, 5.41) is 1.81. The summed E-state index contributed by atoms with van der Waals surface area (Å²) in [5.74, 6) is 0.329. The van der Waals surface area contributed by atoms with Gasteiger partial charge in [-0.15, -0.1) is 0 Å². The van der Waals surface area contributed by atoms with E-state index in [0.717, 1.165) is 29.5 Å². The number of benzene rings is 2. The van der Waals surface area contributed by atoms with E-state index in [2.05, 4.69) is 45.0 Å². The highest BCUT2D eigenvalue weighted by atomic mass is 28.4. The third kappa shape index (κ3) is 6.13. The number of aldehydes is 1. The number of hydrogen-bond acceptors (Lipinski definition) is 2. The minimum atomic E-state index is -3.00. The summed E-state index contributed by atoms with van der Waals surface area (Å²) in [7, 11) is -3.00. The Morgan fingerprint density at radius 1 is 0.897 bits per heavy atom. The number of carbonyl (C=O) groups excluding carboxylic acids is 1. The summed E-state index contributed by atoms with van der Waals surface area (Å²) in [6, 6.07) is 20.4. The first-order chi connectivity index (χ1) is 14.0. The topological polar surface area (TPSA) is 37.3 Å². The lowest BCUT2D eigenvalue weighted by molar-refractivity contribution is -0.108. The molecule has 0 fully saturated rings.